The highest BCUT2D eigenvalue weighted by molar-refractivity contribution is 6.03. The molecule has 1 aromatic heterocycles. The molecule has 2 rings (SSSR count). The van der Waals surface area contributed by atoms with Gasteiger partial charge in [0.05, 0.1) is 12.4 Å². The molecule has 0 aliphatic heterocycles. The van der Waals surface area contributed by atoms with Gasteiger partial charge in [-0.15, -0.1) is 0 Å². The molecule has 0 saturated carbocycles. The number of benzene rings is 1. The Hall–Kier alpha value is -2.76. The maximum Gasteiger partial charge on any atom is 0.275 e. The van der Waals surface area contributed by atoms with E-state index >= 15 is 0 Å². The SMILES string of the molecule is CCC(C)Nc1cnc(C(=O)Nc2ccc(C(C)=O)cc2)cn1. The van der Waals surface area contributed by atoms with Crippen LogP contribution in [0.1, 0.15) is 48.0 Å². The first-order valence-electron chi connectivity index (χ1n) is 7.50. The first kappa shape index (κ1) is 16.6. The van der Waals surface area contributed by atoms with E-state index in [1.165, 1.54) is 13.1 Å². The molecule has 1 atom stereocenters. The quantitative estimate of drug-likeness (QED) is 0.801. The fraction of sp³-hybridized carbons (Fsp3) is 0.294. The van der Waals surface area contributed by atoms with Gasteiger partial charge in [-0.2, -0.15) is 0 Å². The molecule has 1 heterocycles. The van der Waals surface area contributed by atoms with Crippen LogP contribution in [0.2, 0.25) is 0 Å². The van der Waals surface area contributed by atoms with Gasteiger partial charge in [0.2, 0.25) is 0 Å². The van der Waals surface area contributed by atoms with E-state index in [4.69, 9.17) is 0 Å². The summed E-state index contributed by atoms with van der Waals surface area (Å²) in [6.07, 6.45) is 3.95. The minimum absolute atomic E-state index is 0.0156. The predicted octanol–water partition coefficient (Wildman–Crippen LogP) is 3.14. The molecule has 120 valence electrons. The summed E-state index contributed by atoms with van der Waals surface area (Å²) in [5, 5.41) is 5.91. The van der Waals surface area contributed by atoms with Crippen molar-refractivity contribution in [3.05, 3.63) is 47.9 Å². The summed E-state index contributed by atoms with van der Waals surface area (Å²) in [6.45, 7) is 5.62. The van der Waals surface area contributed by atoms with Gasteiger partial charge in [-0.05, 0) is 44.5 Å². The second-order valence-corrected chi connectivity index (χ2v) is 5.33. The first-order valence-corrected chi connectivity index (χ1v) is 7.50. The highest BCUT2D eigenvalue weighted by Crippen LogP contribution is 2.12. The average molecular weight is 312 g/mol. The fourth-order valence-electron chi connectivity index (χ4n) is 1.86. The van der Waals surface area contributed by atoms with E-state index < -0.39 is 0 Å². The number of anilines is 2. The lowest BCUT2D eigenvalue weighted by Gasteiger charge is -2.11. The molecule has 0 saturated heterocycles. The molecule has 0 aliphatic rings. The zero-order valence-electron chi connectivity index (χ0n) is 13.5. The van der Waals surface area contributed by atoms with Crippen molar-refractivity contribution in [2.24, 2.45) is 0 Å². The van der Waals surface area contributed by atoms with Gasteiger partial charge in [-0.25, -0.2) is 9.97 Å². The third kappa shape index (κ3) is 4.60. The molecule has 6 heteroatoms. The fourth-order valence-corrected chi connectivity index (χ4v) is 1.86. The summed E-state index contributed by atoms with van der Waals surface area (Å²) in [5.41, 5.74) is 1.43. The van der Waals surface area contributed by atoms with Crippen LogP contribution in [0.15, 0.2) is 36.7 Å². The van der Waals surface area contributed by atoms with Crippen LogP contribution < -0.4 is 10.6 Å². The molecule has 0 radical (unpaired) electrons. The van der Waals surface area contributed by atoms with Gasteiger partial charge in [0.15, 0.2) is 5.78 Å². The Morgan fingerprint density at radius 1 is 1.13 bits per heavy atom. The maximum absolute atomic E-state index is 12.1. The number of rotatable bonds is 6. The van der Waals surface area contributed by atoms with Gasteiger partial charge < -0.3 is 10.6 Å². The van der Waals surface area contributed by atoms with E-state index in [1.54, 1.807) is 30.5 Å². The van der Waals surface area contributed by atoms with Crippen LogP contribution in [0.5, 0.6) is 0 Å². The average Bonchev–Trinajstić information content (AvgIpc) is 2.55. The van der Waals surface area contributed by atoms with E-state index in [1.807, 2.05) is 6.92 Å². The summed E-state index contributed by atoms with van der Waals surface area (Å²) in [4.78, 5) is 31.6. The zero-order valence-corrected chi connectivity index (χ0v) is 13.5. The molecule has 0 fully saturated rings. The maximum atomic E-state index is 12.1. The second kappa shape index (κ2) is 7.49. The van der Waals surface area contributed by atoms with E-state index in [0.717, 1.165) is 6.42 Å². The minimum atomic E-state index is -0.344. The number of Topliss-reactive ketones (excluding diaryl/α,β-unsaturated/α-hetero) is 1. The number of nitrogens with zero attached hydrogens (tertiary/aromatic N) is 2. The lowest BCUT2D eigenvalue weighted by molar-refractivity contribution is 0.101. The molecule has 1 unspecified atom stereocenters. The standard InChI is InChI=1S/C17H20N4O2/c1-4-11(2)20-16-10-18-15(9-19-16)17(23)21-14-7-5-13(6-8-14)12(3)22/h5-11H,4H2,1-3H3,(H,19,20)(H,21,23). The summed E-state index contributed by atoms with van der Waals surface area (Å²) in [5.74, 6) is 0.281. The number of nitrogens with one attached hydrogen (secondary N) is 2. The smallest absolute Gasteiger partial charge is 0.275 e. The van der Waals surface area contributed by atoms with E-state index in [9.17, 15) is 9.59 Å². The van der Waals surface area contributed by atoms with Crippen LogP contribution in [0.25, 0.3) is 0 Å². The van der Waals surface area contributed by atoms with Gasteiger partial charge in [0.1, 0.15) is 11.5 Å². The van der Waals surface area contributed by atoms with Crippen LogP contribution >= 0.6 is 0 Å². The topological polar surface area (TPSA) is 84.0 Å². The molecular formula is C17H20N4O2. The van der Waals surface area contributed by atoms with E-state index in [-0.39, 0.29) is 17.4 Å². The molecule has 1 aromatic carbocycles. The van der Waals surface area contributed by atoms with Crippen molar-refractivity contribution in [1.29, 1.82) is 0 Å². The van der Waals surface area contributed by atoms with Crippen molar-refractivity contribution < 1.29 is 9.59 Å². The van der Waals surface area contributed by atoms with Crippen LogP contribution in [0.4, 0.5) is 11.5 Å². The molecule has 2 N–H and O–H groups in total. The Morgan fingerprint density at radius 2 is 1.83 bits per heavy atom. The summed E-state index contributed by atoms with van der Waals surface area (Å²) in [7, 11) is 0. The number of hydrogen-bond donors (Lipinski definition) is 2. The Morgan fingerprint density at radius 3 is 2.35 bits per heavy atom. The van der Waals surface area contributed by atoms with Gasteiger partial charge in [0, 0.05) is 17.3 Å². The Kier molecular flexibility index (Phi) is 5.41. The van der Waals surface area contributed by atoms with Gasteiger partial charge in [-0.1, -0.05) is 6.92 Å². The largest absolute Gasteiger partial charge is 0.366 e. The van der Waals surface area contributed by atoms with E-state index in [2.05, 4.69) is 27.5 Å². The lowest BCUT2D eigenvalue weighted by atomic mass is 10.1. The predicted molar refractivity (Wildman–Crippen MR) is 89.8 cm³/mol. The summed E-state index contributed by atoms with van der Waals surface area (Å²) >= 11 is 0. The first-order chi connectivity index (χ1) is 11.0. The number of ketones is 1. The van der Waals surface area contributed by atoms with Crippen LogP contribution in [0.3, 0.4) is 0 Å². The van der Waals surface area contributed by atoms with Crippen LogP contribution in [-0.2, 0) is 0 Å². The lowest BCUT2D eigenvalue weighted by Crippen LogP contribution is -2.17. The van der Waals surface area contributed by atoms with Crippen LogP contribution in [0, 0.1) is 0 Å². The Balaban J connectivity index is 2.01. The number of aromatic nitrogens is 2. The molecule has 0 aliphatic carbocycles. The van der Waals surface area contributed by atoms with Crippen molar-refractivity contribution in [2.75, 3.05) is 10.6 Å². The number of amides is 1. The zero-order chi connectivity index (χ0) is 16.8. The van der Waals surface area contributed by atoms with Crippen molar-refractivity contribution in [3.8, 4) is 0 Å². The minimum Gasteiger partial charge on any atom is -0.366 e. The number of hydrogen-bond acceptors (Lipinski definition) is 5. The molecule has 0 bridgehead atoms. The van der Waals surface area contributed by atoms with E-state index in [0.29, 0.717) is 23.1 Å². The highest BCUT2D eigenvalue weighted by atomic mass is 16.2. The van der Waals surface area contributed by atoms with Gasteiger partial charge >= 0.3 is 0 Å². The molecule has 2 aromatic rings. The van der Waals surface area contributed by atoms with Gasteiger partial charge in [0.25, 0.3) is 5.91 Å². The van der Waals surface area contributed by atoms with Crippen molar-refractivity contribution in [3.63, 3.8) is 0 Å². The Labute approximate surface area is 135 Å². The molecule has 6 nitrogen and oxygen atoms in total. The Bertz CT molecular complexity index is 681. The van der Waals surface area contributed by atoms with Crippen molar-refractivity contribution >= 4 is 23.2 Å². The molecular weight excluding hydrogens is 292 g/mol. The highest BCUT2D eigenvalue weighted by Gasteiger charge is 2.09. The normalized spacial score (nSPS) is 11.6. The molecule has 1 amide bonds. The van der Waals surface area contributed by atoms with Crippen molar-refractivity contribution in [1.82, 2.24) is 9.97 Å². The third-order valence-corrected chi connectivity index (χ3v) is 3.44. The van der Waals surface area contributed by atoms with Crippen LogP contribution in [-0.4, -0.2) is 27.7 Å². The summed E-state index contributed by atoms with van der Waals surface area (Å²) in [6, 6.07) is 7.00. The van der Waals surface area contributed by atoms with Crippen molar-refractivity contribution in [2.45, 2.75) is 33.2 Å². The van der Waals surface area contributed by atoms with Gasteiger partial charge in [-0.3, -0.25) is 9.59 Å². The molecule has 23 heavy (non-hydrogen) atoms. The second-order valence-electron chi connectivity index (χ2n) is 5.33. The number of carbonyl (C=O) groups excluding carboxylic acids is 2. The number of carbonyl (C=O) groups is 2. The summed E-state index contributed by atoms with van der Waals surface area (Å²) < 4.78 is 0. The third-order valence-electron chi connectivity index (χ3n) is 3.44. The molecule has 0 spiro atoms. The monoisotopic (exact) mass is 312 g/mol.